The van der Waals surface area contributed by atoms with E-state index in [0.717, 1.165) is 16.8 Å². The minimum atomic E-state index is 0.333. The number of nitrogen functional groups attached to an aromatic ring is 1. The summed E-state index contributed by atoms with van der Waals surface area (Å²) in [5.74, 6) is 1.54. The summed E-state index contributed by atoms with van der Waals surface area (Å²) in [5, 5.41) is 3.22. The van der Waals surface area contributed by atoms with Crippen molar-refractivity contribution in [1.29, 1.82) is 0 Å². The lowest BCUT2D eigenvalue weighted by atomic mass is 10.2. The van der Waals surface area contributed by atoms with E-state index in [2.05, 4.69) is 15.3 Å². The van der Waals surface area contributed by atoms with Crippen LogP contribution >= 0.6 is 0 Å². The van der Waals surface area contributed by atoms with Crippen LogP contribution in [0.2, 0.25) is 0 Å². The number of aromatic nitrogens is 2. The summed E-state index contributed by atoms with van der Waals surface area (Å²) in [7, 11) is 0. The molecule has 0 fully saturated rings. The van der Waals surface area contributed by atoms with E-state index in [1.165, 1.54) is 6.33 Å². The van der Waals surface area contributed by atoms with Crippen molar-refractivity contribution in [2.75, 3.05) is 11.1 Å². The topological polar surface area (TPSA) is 73.1 Å². The van der Waals surface area contributed by atoms with Crippen molar-refractivity contribution in [3.8, 4) is 11.6 Å². The molecule has 0 aliphatic rings. The molecule has 0 amide bonds. The largest absolute Gasteiger partial charge is 0.437 e. The molecule has 3 rings (SSSR count). The van der Waals surface area contributed by atoms with Crippen LogP contribution in [-0.4, -0.2) is 9.97 Å². The Morgan fingerprint density at radius 1 is 0.957 bits per heavy atom. The fourth-order valence-electron chi connectivity index (χ4n) is 2.12. The molecule has 1 aromatic heterocycles. The number of ether oxygens (including phenoxy) is 1. The van der Waals surface area contributed by atoms with Gasteiger partial charge in [0.05, 0.1) is 0 Å². The molecule has 3 aromatic rings. The van der Waals surface area contributed by atoms with Gasteiger partial charge in [0.2, 0.25) is 5.88 Å². The normalized spacial score (nSPS) is 10.3. The minimum absolute atomic E-state index is 0.333. The summed E-state index contributed by atoms with van der Waals surface area (Å²) in [6, 6.07) is 15.6. The van der Waals surface area contributed by atoms with Gasteiger partial charge in [0, 0.05) is 5.69 Å². The highest BCUT2D eigenvalue weighted by Gasteiger charge is 2.11. The molecule has 3 N–H and O–H groups in total. The van der Waals surface area contributed by atoms with Crippen molar-refractivity contribution in [2.24, 2.45) is 0 Å². The highest BCUT2D eigenvalue weighted by molar-refractivity contribution is 5.73. The lowest BCUT2D eigenvalue weighted by Crippen LogP contribution is -2.03. The molecule has 0 spiro atoms. The second kappa shape index (κ2) is 6.36. The maximum Gasteiger partial charge on any atom is 0.248 e. The van der Waals surface area contributed by atoms with E-state index in [4.69, 9.17) is 10.5 Å². The third kappa shape index (κ3) is 3.40. The van der Waals surface area contributed by atoms with Crippen LogP contribution < -0.4 is 15.8 Å². The maximum absolute atomic E-state index is 6.15. The first-order chi connectivity index (χ1) is 11.1. The van der Waals surface area contributed by atoms with Crippen LogP contribution in [0.25, 0.3) is 0 Å². The summed E-state index contributed by atoms with van der Waals surface area (Å²) in [6.45, 7) is 4.04. The monoisotopic (exact) mass is 306 g/mol. The number of hydrogen-bond acceptors (Lipinski definition) is 5. The van der Waals surface area contributed by atoms with Crippen molar-refractivity contribution < 1.29 is 4.74 Å². The van der Waals surface area contributed by atoms with Crippen molar-refractivity contribution in [3.05, 3.63) is 66.0 Å². The number of nitrogens with two attached hydrogens (primary N) is 1. The lowest BCUT2D eigenvalue weighted by molar-refractivity contribution is 0.464. The Labute approximate surface area is 135 Å². The van der Waals surface area contributed by atoms with E-state index in [1.807, 2.05) is 62.4 Å². The SMILES string of the molecule is Cc1ccc(Oc2ncnc(Nc3ccccc3C)c2N)cc1. The standard InChI is InChI=1S/C18H18N4O/c1-12-7-9-14(10-8-12)23-18-16(19)17(20-11-21-18)22-15-6-4-3-5-13(15)2/h3-11H,19H2,1-2H3,(H,20,21,22). The number of hydrogen-bond donors (Lipinski definition) is 2. The van der Waals surface area contributed by atoms with Crippen LogP contribution in [-0.2, 0) is 0 Å². The predicted octanol–water partition coefficient (Wildman–Crippen LogP) is 4.21. The Hall–Kier alpha value is -3.08. The summed E-state index contributed by atoms with van der Waals surface area (Å²) < 4.78 is 5.76. The Bertz CT molecular complexity index is 816. The van der Waals surface area contributed by atoms with Crippen LogP contribution in [0.4, 0.5) is 17.2 Å². The Morgan fingerprint density at radius 2 is 1.70 bits per heavy atom. The molecule has 0 aliphatic heterocycles. The molecule has 0 aliphatic carbocycles. The Morgan fingerprint density at radius 3 is 2.43 bits per heavy atom. The lowest BCUT2D eigenvalue weighted by Gasteiger charge is -2.13. The number of benzene rings is 2. The molecule has 5 nitrogen and oxygen atoms in total. The summed E-state index contributed by atoms with van der Waals surface area (Å²) in [5.41, 5.74) is 9.73. The number of anilines is 3. The molecule has 0 bridgehead atoms. The number of nitrogens with one attached hydrogen (secondary N) is 1. The Kier molecular flexibility index (Phi) is 4.10. The quantitative estimate of drug-likeness (QED) is 0.755. The van der Waals surface area contributed by atoms with Gasteiger partial charge in [-0.3, -0.25) is 0 Å². The second-order valence-electron chi connectivity index (χ2n) is 5.30. The van der Waals surface area contributed by atoms with Gasteiger partial charge in [-0.2, -0.15) is 4.98 Å². The zero-order valence-corrected chi connectivity index (χ0v) is 13.1. The van der Waals surface area contributed by atoms with Gasteiger partial charge < -0.3 is 15.8 Å². The highest BCUT2D eigenvalue weighted by Crippen LogP contribution is 2.31. The number of para-hydroxylation sites is 1. The average molecular weight is 306 g/mol. The van der Waals surface area contributed by atoms with Crippen molar-refractivity contribution >= 4 is 17.2 Å². The molecule has 2 aromatic carbocycles. The molecule has 0 unspecified atom stereocenters. The molecule has 1 heterocycles. The van der Waals surface area contributed by atoms with Gasteiger partial charge in [0.1, 0.15) is 17.8 Å². The van der Waals surface area contributed by atoms with E-state index in [1.54, 1.807) is 0 Å². The van der Waals surface area contributed by atoms with Crippen LogP contribution in [0.5, 0.6) is 11.6 Å². The number of rotatable bonds is 4. The summed E-state index contributed by atoms with van der Waals surface area (Å²) in [6.07, 6.45) is 1.43. The van der Waals surface area contributed by atoms with Crippen LogP contribution in [0, 0.1) is 13.8 Å². The van der Waals surface area contributed by atoms with Gasteiger partial charge in [-0.05, 0) is 37.6 Å². The molecule has 116 valence electrons. The van der Waals surface area contributed by atoms with Crippen LogP contribution in [0.15, 0.2) is 54.9 Å². The fraction of sp³-hybridized carbons (Fsp3) is 0.111. The molecular weight excluding hydrogens is 288 g/mol. The molecule has 0 saturated heterocycles. The first kappa shape index (κ1) is 14.8. The van der Waals surface area contributed by atoms with E-state index in [0.29, 0.717) is 23.1 Å². The minimum Gasteiger partial charge on any atom is -0.437 e. The van der Waals surface area contributed by atoms with Crippen molar-refractivity contribution in [2.45, 2.75) is 13.8 Å². The van der Waals surface area contributed by atoms with E-state index in [9.17, 15) is 0 Å². The van der Waals surface area contributed by atoms with Gasteiger partial charge in [0.25, 0.3) is 0 Å². The zero-order chi connectivity index (χ0) is 16.2. The third-order valence-corrected chi connectivity index (χ3v) is 3.48. The first-order valence-corrected chi connectivity index (χ1v) is 7.31. The van der Waals surface area contributed by atoms with E-state index >= 15 is 0 Å². The van der Waals surface area contributed by atoms with E-state index < -0.39 is 0 Å². The summed E-state index contributed by atoms with van der Waals surface area (Å²) >= 11 is 0. The molecule has 23 heavy (non-hydrogen) atoms. The fourth-order valence-corrected chi connectivity index (χ4v) is 2.12. The van der Waals surface area contributed by atoms with Gasteiger partial charge >= 0.3 is 0 Å². The van der Waals surface area contributed by atoms with Crippen molar-refractivity contribution in [3.63, 3.8) is 0 Å². The average Bonchev–Trinajstić information content (AvgIpc) is 2.55. The van der Waals surface area contributed by atoms with Crippen molar-refractivity contribution in [1.82, 2.24) is 9.97 Å². The molecule has 0 saturated carbocycles. The smallest absolute Gasteiger partial charge is 0.248 e. The summed E-state index contributed by atoms with van der Waals surface area (Å²) in [4.78, 5) is 8.33. The van der Waals surface area contributed by atoms with Gasteiger partial charge in [-0.15, -0.1) is 0 Å². The number of nitrogens with zero attached hydrogens (tertiary/aromatic N) is 2. The van der Waals surface area contributed by atoms with Gasteiger partial charge in [-0.25, -0.2) is 4.98 Å². The number of aryl methyl sites for hydroxylation is 2. The maximum atomic E-state index is 6.15. The Balaban J connectivity index is 1.86. The molecule has 5 heteroatoms. The molecular formula is C18H18N4O. The van der Waals surface area contributed by atoms with Crippen LogP contribution in [0.1, 0.15) is 11.1 Å². The third-order valence-electron chi connectivity index (χ3n) is 3.48. The molecule has 0 radical (unpaired) electrons. The van der Waals surface area contributed by atoms with E-state index in [-0.39, 0.29) is 0 Å². The highest BCUT2D eigenvalue weighted by atomic mass is 16.5. The predicted molar refractivity (Wildman–Crippen MR) is 92.2 cm³/mol. The first-order valence-electron chi connectivity index (χ1n) is 7.31. The molecule has 0 atom stereocenters. The second-order valence-corrected chi connectivity index (χ2v) is 5.30. The van der Waals surface area contributed by atoms with Crippen LogP contribution in [0.3, 0.4) is 0 Å². The zero-order valence-electron chi connectivity index (χ0n) is 13.1. The van der Waals surface area contributed by atoms with Gasteiger partial charge in [0.15, 0.2) is 5.82 Å². The van der Waals surface area contributed by atoms with Gasteiger partial charge in [-0.1, -0.05) is 35.9 Å².